The Morgan fingerprint density at radius 2 is 1.71 bits per heavy atom. The summed E-state index contributed by atoms with van der Waals surface area (Å²) in [5, 5.41) is 3.32. The summed E-state index contributed by atoms with van der Waals surface area (Å²) in [6.07, 6.45) is 5.35. The number of hydrogen-bond acceptors (Lipinski definition) is 4. The molecular weight excluding hydrogens is 398 g/mol. The van der Waals surface area contributed by atoms with Crippen LogP contribution in [-0.2, 0) is 27.7 Å². The molecule has 1 aromatic rings. The van der Waals surface area contributed by atoms with Gasteiger partial charge >= 0.3 is 0 Å². The number of nitrogens with one attached hydrogen (secondary N) is 1. The van der Waals surface area contributed by atoms with Crippen LogP contribution in [0.2, 0.25) is 0 Å². The van der Waals surface area contributed by atoms with E-state index < -0.39 is 10.0 Å². The summed E-state index contributed by atoms with van der Waals surface area (Å²) in [7, 11) is -3.47. The van der Waals surface area contributed by atoms with E-state index in [0.29, 0.717) is 30.8 Å². The quantitative estimate of drug-likeness (QED) is 0.798. The lowest BCUT2D eigenvalue weighted by Gasteiger charge is -2.33. The third-order valence-corrected chi connectivity index (χ3v) is 8.06. The van der Waals surface area contributed by atoms with Crippen molar-refractivity contribution in [2.45, 2.75) is 43.4 Å². The van der Waals surface area contributed by atoms with Gasteiger partial charge in [0.05, 0.1) is 4.90 Å². The predicted octanol–water partition coefficient (Wildman–Crippen LogP) is 1.82. The molecule has 1 amide bonds. The minimum Gasteiger partial charge on any atom is -0.341 e. The smallest absolute Gasteiger partial charge is 0.243 e. The summed E-state index contributed by atoms with van der Waals surface area (Å²) in [6, 6.07) is 5.58. The largest absolute Gasteiger partial charge is 0.341 e. The van der Waals surface area contributed by atoms with Crippen LogP contribution in [0.5, 0.6) is 0 Å². The highest BCUT2D eigenvalue weighted by molar-refractivity contribution is 7.89. The number of aryl methyl sites for hydroxylation is 2. The molecule has 3 aliphatic rings. The van der Waals surface area contributed by atoms with E-state index in [1.54, 1.807) is 10.4 Å². The molecule has 28 heavy (non-hydrogen) atoms. The molecule has 0 unspecified atom stereocenters. The number of rotatable bonds is 3. The molecule has 1 N–H and O–H groups in total. The van der Waals surface area contributed by atoms with Crippen LogP contribution in [0.25, 0.3) is 0 Å². The molecule has 4 rings (SSSR count). The van der Waals surface area contributed by atoms with E-state index in [1.165, 1.54) is 11.1 Å². The number of halogens is 1. The van der Waals surface area contributed by atoms with Crippen LogP contribution in [0.15, 0.2) is 23.1 Å². The maximum atomic E-state index is 13.0. The molecule has 1 aliphatic carbocycles. The van der Waals surface area contributed by atoms with Crippen molar-refractivity contribution in [1.29, 1.82) is 0 Å². The summed E-state index contributed by atoms with van der Waals surface area (Å²) in [5.74, 6) is 0.155. The number of nitrogens with zero attached hydrogens (tertiary/aromatic N) is 2. The van der Waals surface area contributed by atoms with Crippen molar-refractivity contribution in [3.05, 3.63) is 29.3 Å². The van der Waals surface area contributed by atoms with E-state index in [9.17, 15) is 13.2 Å². The van der Waals surface area contributed by atoms with Gasteiger partial charge in [0.2, 0.25) is 15.9 Å². The number of fused-ring (bicyclic) bond motifs is 1. The van der Waals surface area contributed by atoms with Crippen molar-refractivity contribution < 1.29 is 13.2 Å². The van der Waals surface area contributed by atoms with Gasteiger partial charge in [0, 0.05) is 38.6 Å². The van der Waals surface area contributed by atoms with Crippen LogP contribution < -0.4 is 5.32 Å². The number of carbonyl (C=O) groups excluding carboxylic acids is 1. The Hall–Kier alpha value is -1.15. The Morgan fingerprint density at radius 3 is 2.50 bits per heavy atom. The van der Waals surface area contributed by atoms with Crippen molar-refractivity contribution in [3.63, 3.8) is 0 Å². The zero-order valence-electron chi connectivity index (χ0n) is 16.2. The molecule has 6 nitrogen and oxygen atoms in total. The summed E-state index contributed by atoms with van der Waals surface area (Å²) < 4.78 is 27.6. The van der Waals surface area contributed by atoms with Crippen LogP contribution >= 0.6 is 12.4 Å². The molecule has 0 radical (unpaired) electrons. The zero-order valence-corrected chi connectivity index (χ0v) is 17.9. The minimum atomic E-state index is -3.47. The number of piperidine rings is 1. The Kier molecular flexibility index (Phi) is 7.02. The summed E-state index contributed by atoms with van der Waals surface area (Å²) in [5.41, 5.74) is 2.46. The van der Waals surface area contributed by atoms with Crippen molar-refractivity contribution >= 4 is 28.3 Å². The molecule has 0 saturated carbocycles. The Labute approximate surface area is 174 Å². The second-order valence-electron chi connectivity index (χ2n) is 7.89. The molecule has 0 aromatic heterocycles. The van der Waals surface area contributed by atoms with Gasteiger partial charge in [-0.3, -0.25) is 4.79 Å². The van der Waals surface area contributed by atoms with Crippen LogP contribution in [0.4, 0.5) is 0 Å². The van der Waals surface area contributed by atoms with E-state index in [0.717, 1.165) is 51.9 Å². The van der Waals surface area contributed by atoms with Crippen molar-refractivity contribution in [1.82, 2.24) is 14.5 Å². The lowest BCUT2D eigenvalue weighted by Crippen LogP contribution is -2.45. The topological polar surface area (TPSA) is 69.7 Å². The Bertz CT molecular complexity index is 799. The molecule has 0 atom stereocenters. The van der Waals surface area contributed by atoms with Gasteiger partial charge in [-0.15, -0.1) is 12.4 Å². The van der Waals surface area contributed by atoms with E-state index in [2.05, 4.69) is 5.32 Å². The molecule has 1 aromatic carbocycles. The van der Waals surface area contributed by atoms with Gasteiger partial charge in [0.1, 0.15) is 0 Å². The van der Waals surface area contributed by atoms with Crippen LogP contribution in [0, 0.1) is 5.92 Å². The Balaban J connectivity index is 0.00000225. The number of amides is 1. The maximum Gasteiger partial charge on any atom is 0.243 e. The van der Waals surface area contributed by atoms with Gasteiger partial charge in [0.15, 0.2) is 0 Å². The minimum absolute atomic E-state index is 0. The highest BCUT2D eigenvalue weighted by atomic mass is 35.5. The predicted molar refractivity (Wildman–Crippen MR) is 111 cm³/mol. The number of carbonyl (C=O) groups is 1. The highest BCUT2D eigenvalue weighted by Gasteiger charge is 2.34. The Morgan fingerprint density at radius 1 is 0.964 bits per heavy atom. The third-order valence-electron chi connectivity index (χ3n) is 6.16. The first kappa shape index (κ1) is 21.6. The summed E-state index contributed by atoms with van der Waals surface area (Å²) >= 11 is 0. The van der Waals surface area contributed by atoms with Gasteiger partial charge in [-0.2, -0.15) is 4.31 Å². The number of benzene rings is 1. The van der Waals surface area contributed by atoms with Crippen LogP contribution in [0.1, 0.15) is 36.8 Å². The molecule has 8 heteroatoms. The van der Waals surface area contributed by atoms with E-state index >= 15 is 0 Å². The lowest BCUT2D eigenvalue weighted by atomic mass is 9.96. The SMILES string of the molecule is Cl.O=C(C1CCN(S(=O)(=O)c2ccc3c(c2)CCC3)CC1)N1CCCNCC1. The monoisotopic (exact) mass is 427 g/mol. The van der Waals surface area contributed by atoms with Gasteiger partial charge in [-0.05, 0) is 68.3 Å². The molecule has 2 saturated heterocycles. The first-order valence-electron chi connectivity index (χ1n) is 10.2. The number of sulfonamides is 1. The lowest BCUT2D eigenvalue weighted by molar-refractivity contribution is -0.136. The molecule has 2 aliphatic heterocycles. The average molecular weight is 428 g/mol. The van der Waals surface area contributed by atoms with E-state index in [1.807, 2.05) is 17.0 Å². The second-order valence-corrected chi connectivity index (χ2v) is 9.83. The van der Waals surface area contributed by atoms with E-state index in [-0.39, 0.29) is 24.2 Å². The fourth-order valence-electron chi connectivity index (χ4n) is 4.53. The fourth-order valence-corrected chi connectivity index (χ4v) is 6.05. The van der Waals surface area contributed by atoms with Crippen LogP contribution in [0.3, 0.4) is 0 Å². The third kappa shape index (κ3) is 4.37. The second kappa shape index (κ2) is 9.11. The van der Waals surface area contributed by atoms with Crippen molar-refractivity contribution in [3.8, 4) is 0 Å². The molecule has 2 fully saturated rings. The van der Waals surface area contributed by atoms with Gasteiger partial charge < -0.3 is 10.2 Å². The van der Waals surface area contributed by atoms with Crippen molar-refractivity contribution in [2.75, 3.05) is 39.3 Å². The fraction of sp³-hybridized carbons (Fsp3) is 0.650. The molecular formula is C20H30ClN3O3S. The standard InChI is InChI=1S/C20H29N3O3S.ClH/c24-20(22-11-2-9-21-10-14-22)17-7-12-23(13-8-17)27(25,26)19-6-5-16-3-1-4-18(16)15-19;/h5-6,15,17,21H,1-4,7-14H2;1H. The highest BCUT2D eigenvalue weighted by Crippen LogP contribution is 2.29. The molecule has 0 spiro atoms. The first-order valence-corrected chi connectivity index (χ1v) is 11.6. The average Bonchev–Trinajstić information content (AvgIpc) is 2.99. The van der Waals surface area contributed by atoms with Gasteiger partial charge in [0.25, 0.3) is 0 Å². The number of hydrogen-bond donors (Lipinski definition) is 1. The molecule has 0 bridgehead atoms. The molecule has 156 valence electrons. The van der Waals surface area contributed by atoms with Crippen LogP contribution in [-0.4, -0.2) is 62.8 Å². The zero-order chi connectivity index (χ0) is 18.9. The van der Waals surface area contributed by atoms with E-state index in [4.69, 9.17) is 0 Å². The summed E-state index contributed by atoms with van der Waals surface area (Å²) in [4.78, 5) is 15.2. The van der Waals surface area contributed by atoms with Gasteiger partial charge in [-0.1, -0.05) is 6.07 Å². The molecule has 2 heterocycles. The summed E-state index contributed by atoms with van der Waals surface area (Å²) in [6.45, 7) is 4.23. The maximum absolute atomic E-state index is 13.0. The first-order chi connectivity index (χ1) is 13.1. The van der Waals surface area contributed by atoms with Gasteiger partial charge in [-0.25, -0.2) is 8.42 Å². The van der Waals surface area contributed by atoms with Crippen molar-refractivity contribution in [2.24, 2.45) is 5.92 Å². The normalized spacial score (nSPS) is 21.6.